The summed E-state index contributed by atoms with van der Waals surface area (Å²) in [5.74, 6) is 0. The van der Waals surface area contributed by atoms with Crippen LogP contribution in [-0.2, 0) is 23.7 Å². The molecule has 3 aliphatic rings. The lowest BCUT2D eigenvalue weighted by atomic mass is 9.67. The van der Waals surface area contributed by atoms with Crippen LogP contribution in [0, 0.1) is 0 Å². The van der Waals surface area contributed by atoms with E-state index in [-0.39, 0.29) is 0 Å². The number of furan rings is 1. The zero-order chi connectivity index (χ0) is 50.2. The van der Waals surface area contributed by atoms with Crippen molar-refractivity contribution in [3.8, 4) is 44.5 Å². The van der Waals surface area contributed by atoms with Crippen molar-refractivity contribution >= 4 is 28.0 Å². The van der Waals surface area contributed by atoms with Crippen LogP contribution < -0.4 is 4.90 Å². The Hall–Kier alpha value is -9.24. The highest BCUT2D eigenvalue weighted by Crippen LogP contribution is 2.59. The van der Waals surface area contributed by atoms with Crippen molar-refractivity contribution < 1.29 is 4.42 Å². The molecule has 0 amide bonds. The van der Waals surface area contributed by atoms with E-state index in [4.69, 9.17) is 4.42 Å². The van der Waals surface area contributed by atoms with Gasteiger partial charge in [-0.3, -0.25) is 0 Å². The van der Waals surface area contributed by atoms with Gasteiger partial charge in [0.15, 0.2) is 0 Å². The molecule has 0 unspecified atom stereocenters. The molecular formula is C74H53NO. The summed E-state index contributed by atoms with van der Waals surface area (Å²) in [5.41, 5.74) is 26.7. The van der Waals surface area contributed by atoms with E-state index in [1.165, 1.54) is 113 Å². The summed E-state index contributed by atoms with van der Waals surface area (Å²) < 4.78 is 5.73. The molecule has 0 saturated carbocycles. The highest BCUT2D eigenvalue weighted by Gasteiger charge is 2.48. The van der Waals surface area contributed by atoms with Crippen molar-refractivity contribution in [1.29, 1.82) is 0 Å². The van der Waals surface area contributed by atoms with E-state index in [1.54, 1.807) is 6.26 Å². The van der Waals surface area contributed by atoms with Gasteiger partial charge in [0, 0.05) is 22.4 Å². The van der Waals surface area contributed by atoms with Gasteiger partial charge in [-0.2, -0.15) is 0 Å². The summed E-state index contributed by atoms with van der Waals surface area (Å²) in [6.45, 7) is 0. The van der Waals surface area contributed by atoms with Crippen LogP contribution in [-0.4, -0.2) is 0 Å². The first-order valence-electron chi connectivity index (χ1n) is 26.9. The van der Waals surface area contributed by atoms with Crippen LogP contribution in [0.4, 0.5) is 17.1 Å². The van der Waals surface area contributed by atoms with Gasteiger partial charge in [-0.1, -0.05) is 212 Å². The first-order valence-corrected chi connectivity index (χ1v) is 26.9. The fraction of sp³-hybridized carbons (Fsp3) is 0.0811. The topological polar surface area (TPSA) is 16.4 Å². The average Bonchev–Trinajstić information content (AvgIpc) is 4.26. The molecule has 11 aromatic carbocycles. The van der Waals surface area contributed by atoms with Gasteiger partial charge in [-0.25, -0.2) is 0 Å². The van der Waals surface area contributed by atoms with Crippen LogP contribution in [0.3, 0.4) is 0 Å². The van der Waals surface area contributed by atoms with E-state index in [2.05, 4.69) is 272 Å². The number of hydrogen-bond donors (Lipinski definition) is 0. The van der Waals surface area contributed by atoms with E-state index in [1.807, 2.05) is 0 Å². The normalized spacial score (nSPS) is 14.3. The first kappa shape index (κ1) is 44.3. The van der Waals surface area contributed by atoms with Gasteiger partial charge in [-0.15, -0.1) is 0 Å². The number of anilines is 3. The maximum atomic E-state index is 5.73. The lowest BCUT2D eigenvalue weighted by molar-refractivity contribution is 0.616. The lowest BCUT2D eigenvalue weighted by Gasteiger charge is -2.34. The van der Waals surface area contributed by atoms with Gasteiger partial charge < -0.3 is 9.32 Å². The molecule has 3 aliphatic carbocycles. The number of benzene rings is 11. The summed E-state index contributed by atoms with van der Waals surface area (Å²) in [5, 5.41) is 1.14. The minimum Gasteiger partial charge on any atom is -0.464 e. The van der Waals surface area contributed by atoms with Gasteiger partial charge in [0.2, 0.25) is 0 Å². The number of hydrogen-bond acceptors (Lipinski definition) is 2. The van der Waals surface area contributed by atoms with Crippen molar-refractivity contribution in [2.75, 3.05) is 4.90 Å². The number of rotatable bonds is 9. The molecule has 76 heavy (non-hydrogen) atoms. The molecule has 2 nitrogen and oxygen atoms in total. The Kier molecular flexibility index (Phi) is 10.3. The van der Waals surface area contributed by atoms with E-state index in [9.17, 15) is 0 Å². The Morgan fingerprint density at radius 3 is 1.20 bits per heavy atom. The van der Waals surface area contributed by atoms with Gasteiger partial charge in [0.25, 0.3) is 0 Å². The van der Waals surface area contributed by atoms with Gasteiger partial charge >= 0.3 is 0 Å². The second kappa shape index (κ2) is 17.7. The van der Waals surface area contributed by atoms with E-state index in [0.717, 1.165) is 40.9 Å². The molecule has 1 heterocycles. The minimum absolute atomic E-state index is 0.490. The molecule has 0 saturated heterocycles. The molecule has 0 spiro atoms. The summed E-state index contributed by atoms with van der Waals surface area (Å²) in [6, 6.07) is 99.9. The SMILES string of the molecule is c1ccc(C2(c3ccccc3)c3ccccc3-c3cc(N(c4ccc(-c5ccc(-c6ccc7occc7c6)c6c5CCCC6)cc4)c4ccc5c(c4)-c4ccccc4C5(c4ccccc4)c4ccccc4)ccc32)cc1. The molecule has 15 rings (SSSR count). The van der Waals surface area contributed by atoms with Crippen LogP contribution in [0.2, 0.25) is 0 Å². The highest BCUT2D eigenvalue weighted by atomic mass is 16.3. The molecule has 12 aromatic rings. The summed E-state index contributed by atoms with van der Waals surface area (Å²) in [6.07, 6.45) is 6.36. The number of fused-ring (bicyclic) bond motifs is 8. The van der Waals surface area contributed by atoms with E-state index in [0.29, 0.717) is 0 Å². The van der Waals surface area contributed by atoms with Gasteiger partial charge in [0.05, 0.1) is 17.1 Å². The Bertz CT molecular complexity index is 3890. The van der Waals surface area contributed by atoms with Crippen LogP contribution in [0.1, 0.15) is 68.5 Å². The Labute approximate surface area is 444 Å². The van der Waals surface area contributed by atoms with E-state index >= 15 is 0 Å². The maximum absolute atomic E-state index is 5.73. The smallest absolute Gasteiger partial charge is 0.133 e. The molecule has 0 aliphatic heterocycles. The Balaban J connectivity index is 0.924. The monoisotopic (exact) mass is 971 g/mol. The summed E-state index contributed by atoms with van der Waals surface area (Å²) >= 11 is 0. The molecule has 1 aromatic heterocycles. The highest BCUT2D eigenvalue weighted by molar-refractivity contribution is 5.94. The minimum atomic E-state index is -0.490. The van der Waals surface area contributed by atoms with Crippen molar-refractivity contribution in [1.82, 2.24) is 0 Å². The predicted molar refractivity (Wildman–Crippen MR) is 313 cm³/mol. The molecule has 2 heteroatoms. The van der Waals surface area contributed by atoms with Gasteiger partial charge in [-0.05, 0) is 180 Å². The number of nitrogens with zero attached hydrogens (tertiary/aromatic N) is 1. The molecule has 0 fully saturated rings. The van der Waals surface area contributed by atoms with Crippen molar-refractivity contribution in [3.63, 3.8) is 0 Å². The van der Waals surface area contributed by atoms with Crippen molar-refractivity contribution in [2.24, 2.45) is 0 Å². The van der Waals surface area contributed by atoms with Crippen molar-refractivity contribution in [2.45, 2.75) is 36.5 Å². The van der Waals surface area contributed by atoms with Crippen LogP contribution >= 0.6 is 0 Å². The first-order chi connectivity index (χ1) is 37.7. The Morgan fingerprint density at radius 2 is 0.711 bits per heavy atom. The molecule has 0 radical (unpaired) electrons. The third-order valence-corrected chi connectivity index (χ3v) is 17.1. The third kappa shape index (κ3) is 6.60. The third-order valence-electron chi connectivity index (χ3n) is 17.1. The van der Waals surface area contributed by atoms with E-state index < -0.39 is 10.8 Å². The fourth-order valence-electron chi connectivity index (χ4n) is 13.9. The van der Waals surface area contributed by atoms with Crippen molar-refractivity contribution in [3.05, 3.63) is 329 Å². The van der Waals surface area contributed by atoms with Crippen LogP contribution in [0.15, 0.2) is 278 Å². The predicted octanol–water partition coefficient (Wildman–Crippen LogP) is 18.8. The average molecular weight is 972 g/mol. The second-order valence-electron chi connectivity index (χ2n) is 20.9. The van der Waals surface area contributed by atoms with Gasteiger partial charge in [0.1, 0.15) is 5.58 Å². The summed E-state index contributed by atoms with van der Waals surface area (Å²) in [4.78, 5) is 2.50. The Morgan fingerprint density at radius 1 is 0.303 bits per heavy atom. The molecule has 0 N–H and O–H groups in total. The fourth-order valence-corrected chi connectivity index (χ4v) is 13.9. The molecule has 0 bridgehead atoms. The second-order valence-corrected chi connectivity index (χ2v) is 20.9. The maximum Gasteiger partial charge on any atom is 0.133 e. The lowest BCUT2D eigenvalue weighted by Crippen LogP contribution is -2.28. The standard InChI is InChI=1S/C74H53NO/c1-5-19-53(20-6-1)73(54-21-7-2-8-22-54)68-31-17-15-29-64(68)66-48-58(38-42-70(66)73)75(57-36-33-50(34-37-57)60-40-41-61(63-28-14-13-27-62(60)63)51-35-44-72-52(47-51)45-46-76-72)59-39-43-71-67(49-59)65-30-16-18-32-69(65)74(71,55-23-9-3-10-24-55)56-25-11-4-12-26-56/h1-12,15-26,29-49H,13-14,27-28H2. The molecular weight excluding hydrogens is 919 g/mol. The molecule has 0 atom stereocenters. The molecule has 360 valence electrons. The zero-order valence-corrected chi connectivity index (χ0v) is 42.2. The largest absolute Gasteiger partial charge is 0.464 e. The van der Waals surface area contributed by atoms with Crippen LogP contribution in [0.5, 0.6) is 0 Å². The van der Waals surface area contributed by atoms with Crippen LogP contribution in [0.25, 0.3) is 55.5 Å². The zero-order valence-electron chi connectivity index (χ0n) is 42.2. The summed E-state index contributed by atoms with van der Waals surface area (Å²) in [7, 11) is 0. The quantitative estimate of drug-likeness (QED) is 0.143.